The maximum Gasteiger partial charge on any atom is 0.251 e. The summed E-state index contributed by atoms with van der Waals surface area (Å²) in [6.45, 7) is 3.06. The molecule has 3 atom stereocenters. The number of unbranched alkanes of at least 4 members (excludes halogenated alkanes) is 1. The fraction of sp³-hybridized carbons (Fsp3) is 0.367. The fourth-order valence-electron chi connectivity index (χ4n) is 3.75. The number of carbonyl (C=O) groups is 1. The molecule has 1 amide bonds. The Bertz CT molecular complexity index is 984. The largest absolute Gasteiger partial charge is 0.394 e. The van der Waals surface area contributed by atoms with E-state index in [0.29, 0.717) is 6.54 Å². The van der Waals surface area contributed by atoms with Crippen molar-refractivity contribution in [1.29, 1.82) is 0 Å². The lowest BCUT2D eigenvalue weighted by atomic mass is 10.1. The summed E-state index contributed by atoms with van der Waals surface area (Å²) >= 11 is 0. The number of aliphatic hydroxyl groups excluding tert-OH is 1. The molecule has 0 bridgehead atoms. The minimum atomic E-state index is -0.973. The molecule has 3 rings (SSSR count). The first-order valence-corrected chi connectivity index (χ1v) is 12.6. The molecule has 0 heterocycles. The molecule has 0 spiro atoms. The van der Waals surface area contributed by atoms with Gasteiger partial charge in [0.15, 0.2) is 6.10 Å². The van der Waals surface area contributed by atoms with Gasteiger partial charge in [-0.25, -0.2) is 0 Å². The Hall–Kier alpha value is -3.03. The van der Waals surface area contributed by atoms with Crippen LogP contribution < -0.4 is 5.32 Å². The van der Waals surface area contributed by atoms with Crippen LogP contribution in [0.2, 0.25) is 0 Å². The van der Waals surface area contributed by atoms with E-state index >= 15 is 0 Å². The lowest BCUT2D eigenvalue weighted by Gasteiger charge is -2.32. The van der Waals surface area contributed by atoms with Crippen LogP contribution in [0.4, 0.5) is 0 Å². The summed E-state index contributed by atoms with van der Waals surface area (Å²) in [6.07, 6.45) is -0.751. The highest BCUT2D eigenvalue weighted by molar-refractivity contribution is 5.81. The van der Waals surface area contributed by atoms with E-state index in [-0.39, 0.29) is 32.3 Å². The van der Waals surface area contributed by atoms with E-state index in [1.807, 2.05) is 91.0 Å². The number of amides is 1. The average molecular weight is 492 g/mol. The quantitative estimate of drug-likeness (QED) is 0.285. The SMILES string of the molecule is CCCCNC(=O)[C@H](OCc1ccccc1)[C@H](OCc1ccccc1)[C@@H](CO)OCc1ccccc1. The average Bonchev–Trinajstić information content (AvgIpc) is 2.93. The third-order valence-electron chi connectivity index (χ3n) is 5.80. The molecule has 0 aliphatic rings. The number of ether oxygens (including phenoxy) is 3. The lowest BCUT2D eigenvalue weighted by Crippen LogP contribution is -2.52. The van der Waals surface area contributed by atoms with Gasteiger partial charge in [0.05, 0.1) is 26.4 Å². The Labute approximate surface area is 214 Å². The van der Waals surface area contributed by atoms with Gasteiger partial charge >= 0.3 is 0 Å². The molecular formula is C30H37NO5. The predicted octanol–water partition coefficient (Wildman–Crippen LogP) is 4.65. The molecule has 192 valence electrons. The van der Waals surface area contributed by atoms with Gasteiger partial charge in [-0.15, -0.1) is 0 Å². The van der Waals surface area contributed by atoms with Crippen molar-refractivity contribution >= 4 is 5.91 Å². The third kappa shape index (κ3) is 9.21. The molecule has 0 aliphatic heterocycles. The molecular weight excluding hydrogens is 454 g/mol. The monoisotopic (exact) mass is 491 g/mol. The molecule has 0 saturated carbocycles. The smallest absolute Gasteiger partial charge is 0.251 e. The third-order valence-corrected chi connectivity index (χ3v) is 5.80. The van der Waals surface area contributed by atoms with Gasteiger partial charge in [0.1, 0.15) is 12.2 Å². The van der Waals surface area contributed by atoms with Crippen LogP contribution in [0.25, 0.3) is 0 Å². The normalized spacial score (nSPS) is 13.6. The second-order valence-electron chi connectivity index (χ2n) is 8.64. The van der Waals surface area contributed by atoms with E-state index in [9.17, 15) is 9.90 Å². The van der Waals surface area contributed by atoms with Crippen molar-refractivity contribution in [2.75, 3.05) is 13.2 Å². The summed E-state index contributed by atoms with van der Waals surface area (Å²) in [6, 6.07) is 29.1. The van der Waals surface area contributed by atoms with Gasteiger partial charge < -0.3 is 24.6 Å². The highest BCUT2D eigenvalue weighted by Crippen LogP contribution is 2.19. The molecule has 36 heavy (non-hydrogen) atoms. The van der Waals surface area contributed by atoms with Crippen molar-refractivity contribution < 1.29 is 24.1 Å². The maximum atomic E-state index is 13.3. The zero-order chi connectivity index (χ0) is 25.4. The van der Waals surface area contributed by atoms with Crippen molar-refractivity contribution in [1.82, 2.24) is 5.32 Å². The zero-order valence-corrected chi connectivity index (χ0v) is 20.9. The van der Waals surface area contributed by atoms with Gasteiger partial charge in [0.2, 0.25) is 0 Å². The van der Waals surface area contributed by atoms with Crippen molar-refractivity contribution in [2.24, 2.45) is 0 Å². The standard InChI is InChI=1S/C30H37NO5/c1-2-3-19-31-30(33)29(36-23-26-17-11-6-12-18-26)28(35-22-25-15-9-5-10-16-25)27(20-32)34-21-24-13-7-4-8-14-24/h4-18,27-29,32H,2-3,19-23H2,1H3,(H,31,33)/t27-,28-,29-/m1/s1. The number of aliphatic hydroxyl groups is 1. The number of hydrogen-bond donors (Lipinski definition) is 2. The molecule has 0 radical (unpaired) electrons. The van der Waals surface area contributed by atoms with Crippen LogP contribution in [-0.4, -0.2) is 42.5 Å². The highest BCUT2D eigenvalue weighted by Gasteiger charge is 2.37. The predicted molar refractivity (Wildman–Crippen MR) is 140 cm³/mol. The van der Waals surface area contributed by atoms with Crippen LogP contribution in [0, 0.1) is 0 Å². The van der Waals surface area contributed by atoms with Crippen molar-refractivity contribution in [3.8, 4) is 0 Å². The van der Waals surface area contributed by atoms with E-state index < -0.39 is 18.3 Å². The van der Waals surface area contributed by atoms with E-state index in [1.54, 1.807) is 0 Å². The van der Waals surface area contributed by atoms with Crippen LogP contribution in [0.5, 0.6) is 0 Å². The fourth-order valence-corrected chi connectivity index (χ4v) is 3.75. The Morgan fingerprint density at radius 1 is 0.750 bits per heavy atom. The Balaban J connectivity index is 1.82. The van der Waals surface area contributed by atoms with Gasteiger partial charge in [-0.05, 0) is 23.1 Å². The maximum absolute atomic E-state index is 13.3. The van der Waals surface area contributed by atoms with Gasteiger partial charge in [0, 0.05) is 6.54 Å². The molecule has 0 fully saturated rings. The minimum absolute atomic E-state index is 0.231. The molecule has 0 unspecified atom stereocenters. The second kappa shape index (κ2) is 15.9. The summed E-state index contributed by atoms with van der Waals surface area (Å²) in [7, 11) is 0. The van der Waals surface area contributed by atoms with Crippen LogP contribution in [-0.2, 0) is 38.8 Å². The van der Waals surface area contributed by atoms with Gasteiger partial charge in [-0.2, -0.15) is 0 Å². The molecule has 6 heteroatoms. The first kappa shape index (κ1) is 27.6. The molecule has 3 aromatic rings. The summed E-state index contributed by atoms with van der Waals surface area (Å²) in [5, 5.41) is 13.3. The van der Waals surface area contributed by atoms with Gasteiger partial charge in [-0.1, -0.05) is 104 Å². The Morgan fingerprint density at radius 3 is 1.69 bits per heavy atom. The number of carbonyl (C=O) groups excluding carboxylic acids is 1. The van der Waals surface area contributed by atoms with Gasteiger partial charge in [-0.3, -0.25) is 4.79 Å². The van der Waals surface area contributed by atoms with Crippen molar-refractivity contribution in [3.05, 3.63) is 108 Å². The lowest BCUT2D eigenvalue weighted by molar-refractivity contribution is -0.174. The van der Waals surface area contributed by atoms with Crippen molar-refractivity contribution in [3.63, 3.8) is 0 Å². The topological polar surface area (TPSA) is 77.0 Å². The molecule has 3 aromatic carbocycles. The number of rotatable bonds is 16. The second-order valence-corrected chi connectivity index (χ2v) is 8.64. The number of nitrogens with one attached hydrogen (secondary N) is 1. The first-order valence-electron chi connectivity index (χ1n) is 12.6. The molecule has 0 aliphatic carbocycles. The van der Waals surface area contributed by atoms with E-state index in [0.717, 1.165) is 29.5 Å². The van der Waals surface area contributed by atoms with Crippen LogP contribution >= 0.6 is 0 Å². The summed E-state index contributed by atoms with van der Waals surface area (Å²) in [5.41, 5.74) is 2.86. The van der Waals surface area contributed by atoms with Crippen LogP contribution in [0.15, 0.2) is 91.0 Å². The van der Waals surface area contributed by atoms with E-state index in [2.05, 4.69) is 12.2 Å². The number of benzene rings is 3. The Kier molecular flexibility index (Phi) is 12.1. The molecule has 0 aromatic heterocycles. The van der Waals surface area contributed by atoms with E-state index in [1.165, 1.54) is 0 Å². The highest BCUT2D eigenvalue weighted by atomic mass is 16.6. The zero-order valence-electron chi connectivity index (χ0n) is 20.9. The molecule has 6 nitrogen and oxygen atoms in total. The minimum Gasteiger partial charge on any atom is -0.394 e. The summed E-state index contributed by atoms with van der Waals surface area (Å²) in [4.78, 5) is 13.3. The summed E-state index contributed by atoms with van der Waals surface area (Å²) < 4.78 is 18.6. The van der Waals surface area contributed by atoms with Crippen LogP contribution in [0.3, 0.4) is 0 Å². The van der Waals surface area contributed by atoms with Crippen molar-refractivity contribution in [2.45, 2.75) is 57.9 Å². The molecule has 2 N–H and O–H groups in total. The van der Waals surface area contributed by atoms with E-state index in [4.69, 9.17) is 14.2 Å². The Morgan fingerprint density at radius 2 is 1.22 bits per heavy atom. The molecule has 0 saturated heterocycles. The summed E-state index contributed by atoms with van der Waals surface area (Å²) in [5.74, 6) is -0.279. The van der Waals surface area contributed by atoms with Crippen LogP contribution in [0.1, 0.15) is 36.5 Å². The van der Waals surface area contributed by atoms with Gasteiger partial charge in [0.25, 0.3) is 5.91 Å². The first-order chi connectivity index (χ1) is 17.7. The number of hydrogen-bond acceptors (Lipinski definition) is 5.